The second-order valence-electron chi connectivity index (χ2n) is 3.37. The van der Waals surface area contributed by atoms with E-state index >= 15 is 0 Å². The van der Waals surface area contributed by atoms with E-state index in [0.29, 0.717) is 5.69 Å². The second kappa shape index (κ2) is 3.77. The highest BCUT2D eigenvalue weighted by Crippen LogP contribution is 2.11. The van der Waals surface area contributed by atoms with Crippen molar-refractivity contribution in [3.8, 4) is 5.69 Å². The lowest BCUT2D eigenvalue weighted by Gasteiger charge is -2.08. The smallest absolute Gasteiger partial charge is 0.274 e. The standard InChI is InChI=1S/C11H9FN2O2/c1-7-6-10(15)13-11(16)14(7)9-5-3-2-4-8(9)12/h2-6H,1H3,(H,13,15,16). The second-order valence-corrected chi connectivity index (χ2v) is 3.37. The Kier molecular flexibility index (Phi) is 2.44. The van der Waals surface area contributed by atoms with Crippen molar-refractivity contribution in [2.75, 3.05) is 0 Å². The van der Waals surface area contributed by atoms with E-state index in [4.69, 9.17) is 0 Å². The minimum atomic E-state index is -0.643. The van der Waals surface area contributed by atoms with Crippen LogP contribution in [-0.2, 0) is 0 Å². The first-order valence-electron chi connectivity index (χ1n) is 4.67. The van der Waals surface area contributed by atoms with Crippen LogP contribution in [0.5, 0.6) is 0 Å². The largest absolute Gasteiger partial charge is 0.333 e. The Morgan fingerprint density at radius 2 is 1.94 bits per heavy atom. The number of hydrogen-bond acceptors (Lipinski definition) is 2. The van der Waals surface area contributed by atoms with Crippen LogP contribution in [0.3, 0.4) is 0 Å². The van der Waals surface area contributed by atoms with Crippen LogP contribution in [0.4, 0.5) is 4.39 Å². The number of halogens is 1. The van der Waals surface area contributed by atoms with E-state index < -0.39 is 17.1 Å². The van der Waals surface area contributed by atoms with Crippen molar-refractivity contribution in [2.24, 2.45) is 0 Å². The summed E-state index contributed by atoms with van der Waals surface area (Å²) < 4.78 is 14.6. The Hall–Kier alpha value is -2.17. The molecular weight excluding hydrogens is 211 g/mol. The van der Waals surface area contributed by atoms with Crippen molar-refractivity contribution < 1.29 is 4.39 Å². The molecule has 1 N–H and O–H groups in total. The zero-order valence-corrected chi connectivity index (χ0v) is 8.53. The van der Waals surface area contributed by atoms with Crippen molar-refractivity contribution in [1.29, 1.82) is 0 Å². The van der Waals surface area contributed by atoms with Gasteiger partial charge in [-0.25, -0.2) is 9.18 Å². The Bertz CT molecular complexity index is 643. The van der Waals surface area contributed by atoms with Crippen molar-refractivity contribution in [1.82, 2.24) is 9.55 Å². The van der Waals surface area contributed by atoms with Crippen LogP contribution < -0.4 is 11.2 Å². The molecule has 0 fully saturated rings. The van der Waals surface area contributed by atoms with Gasteiger partial charge in [-0.3, -0.25) is 14.3 Å². The number of aromatic amines is 1. The van der Waals surface area contributed by atoms with Gasteiger partial charge in [-0.05, 0) is 19.1 Å². The topological polar surface area (TPSA) is 54.9 Å². The molecule has 1 aromatic carbocycles. The lowest BCUT2D eigenvalue weighted by molar-refractivity contribution is 0.612. The maximum atomic E-state index is 13.5. The molecule has 0 atom stereocenters. The summed E-state index contributed by atoms with van der Waals surface area (Å²) in [5.74, 6) is -0.514. The highest BCUT2D eigenvalue weighted by Gasteiger charge is 2.08. The summed E-state index contributed by atoms with van der Waals surface area (Å²) >= 11 is 0. The average molecular weight is 220 g/mol. The zero-order chi connectivity index (χ0) is 11.7. The average Bonchev–Trinajstić information content (AvgIpc) is 2.19. The molecular formula is C11H9FN2O2. The molecule has 82 valence electrons. The number of nitrogens with one attached hydrogen (secondary N) is 1. The summed E-state index contributed by atoms with van der Waals surface area (Å²) in [6.45, 7) is 1.57. The third-order valence-corrected chi connectivity index (χ3v) is 2.22. The SMILES string of the molecule is Cc1cc(=O)[nH]c(=O)n1-c1ccccc1F. The molecule has 0 aliphatic carbocycles. The number of H-pyrrole nitrogens is 1. The molecule has 0 amide bonds. The van der Waals surface area contributed by atoms with Crippen molar-refractivity contribution in [3.05, 3.63) is 62.7 Å². The van der Waals surface area contributed by atoms with Gasteiger partial charge in [0.15, 0.2) is 0 Å². The van der Waals surface area contributed by atoms with Gasteiger partial charge in [0, 0.05) is 11.8 Å². The fourth-order valence-corrected chi connectivity index (χ4v) is 1.54. The molecule has 1 aromatic heterocycles. The summed E-state index contributed by atoms with van der Waals surface area (Å²) in [6, 6.07) is 7.13. The molecule has 2 rings (SSSR count). The molecule has 0 saturated carbocycles. The molecule has 0 saturated heterocycles. The normalized spacial score (nSPS) is 10.4. The van der Waals surface area contributed by atoms with E-state index in [0.717, 1.165) is 4.57 Å². The minimum Gasteiger partial charge on any atom is -0.274 e. The summed E-state index contributed by atoms with van der Waals surface area (Å²) in [4.78, 5) is 24.7. The summed E-state index contributed by atoms with van der Waals surface area (Å²) in [5.41, 5.74) is -0.620. The molecule has 5 heteroatoms. The van der Waals surface area contributed by atoms with Gasteiger partial charge < -0.3 is 0 Å². The highest BCUT2D eigenvalue weighted by atomic mass is 19.1. The van der Waals surface area contributed by atoms with Crippen LogP contribution in [0.15, 0.2) is 39.9 Å². The predicted molar refractivity (Wildman–Crippen MR) is 57.4 cm³/mol. The Labute approximate surface area is 90.0 Å². The molecule has 16 heavy (non-hydrogen) atoms. The van der Waals surface area contributed by atoms with Gasteiger partial charge in [0.05, 0.1) is 5.69 Å². The molecule has 0 radical (unpaired) electrons. The number of benzene rings is 1. The predicted octanol–water partition coefficient (Wildman–Crippen LogP) is 0.973. The van der Waals surface area contributed by atoms with E-state index in [-0.39, 0.29) is 5.69 Å². The first kappa shape index (κ1) is 10.4. The monoisotopic (exact) mass is 220 g/mol. The fourth-order valence-electron chi connectivity index (χ4n) is 1.54. The van der Waals surface area contributed by atoms with Gasteiger partial charge in [-0.1, -0.05) is 12.1 Å². The van der Waals surface area contributed by atoms with Crippen molar-refractivity contribution in [3.63, 3.8) is 0 Å². The number of nitrogens with zero attached hydrogens (tertiary/aromatic N) is 1. The molecule has 1 heterocycles. The van der Waals surface area contributed by atoms with Crippen molar-refractivity contribution in [2.45, 2.75) is 6.92 Å². The summed E-state index contributed by atoms with van der Waals surface area (Å²) in [5, 5.41) is 0. The molecule has 0 unspecified atom stereocenters. The molecule has 4 nitrogen and oxygen atoms in total. The molecule has 0 aliphatic heterocycles. The van der Waals surface area contributed by atoms with Crippen LogP contribution in [0.25, 0.3) is 5.69 Å². The quantitative estimate of drug-likeness (QED) is 0.778. The van der Waals surface area contributed by atoms with Gasteiger partial charge in [-0.2, -0.15) is 0 Å². The van der Waals surface area contributed by atoms with E-state index in [2.05, 4.69) is 4.98 Å². The van der Waals surface area contributed by atoms with E-state index in [1.807, 2.05) is 0 Å². The number of hydrogen-bond donors (Lipinski definition) is 1. The van der Waals surface area contributed by atoms with Gasteiger partial charge in [0.2, 0.25) is 0 Å². The number of aryl methyl sites for hydroxylation is 1. The third kappa shape index (κ3) is 1.67. The highest BCUT2D eigenvalue weighted by molar-refractivity contribution is 5.34. The van der Waals surface area contributed by atoms with E-state index in [1.54, 1.807) is 13.0 Å². The number of para-hydroxylation sites is 1. The number of aromatic nitrogens is 2. The number of rotatable bonds is 1. The Balaban J connectivity index is 2.80. The van der Waals surface area contributed by atoms with Crippen molar-refractivity contribution >= 4 is 0 Å². The van der Waals surface area contributed by atoms with E-state index in [9.17, 15) is 14.0 Å². The maximum absolute atomic E-state index is 13.5. The third-order valence-electron chi connectivity index (χ3n) is 2.22. The summed E-state index contributed by atoms with van der Waals surface area (Å²) in [6.07, 6.45) is 0. The van der Waals surface area contributed by atoms with Crippen LogP contribution in [0.1, 0.15) is 5.69 Å². The molecule has 0 spiro atoms. The van der Waals surface area contributed by atoms with Crippen LogP contribution in [-0.4, -0.2) is 9.55 Å². The molecule has 2 aromatic rings. The zero-order valence-electron chi connectivity index (χ0n) is 8.53. The first-order valence-corrected chi connectivity index (χ1v) is 4.67. The van der Waals surface area contributed by atoms with Gasteiger partial charge in [0.25, 0.3) is 5.56 Å². The lowest BCUT2D eigenvalue weighted by Crippen LogP contribution is -2.30. The Morgan fingerprint density at radius 1 is 1.25 bits per heavy atom. The minimum absolute atomic E-state index is 0.126. The van der Waals surface area contributed by atoms with Crippen LogP contribution in [0.2, 0.25) is 0 Å². The van der Waals surface area contributed by atoms with Crippen LogP contribution >= 0.6 is 0 Å². The van der Waals surface area contributed by atoms with Gasteiger partial charge in [0.1, 0.15) is 5.82 Å². The van der Waals surface area contributed by atoms with Crippen LogP contribution in [0, 0.1) is 12.7 Å². The molecule has 0 bridgehead atoms. The van der Waals surface area contributed by atoms with Gasteiger partial charge >= 0.3 is 5.69 Å². The Morgan fingerprint density at radius 3 is 2.56 bits per heavy atom. The molecule has 0 aliphatic rings. The lowest BCUT2D eigenvalue weighted by atomic mass is 10.3. The first-order chi connectivity index (χ1) is 7.59. The van der Waals surface area contributed by atoms with E-state index in [1.165, 1.54) is 24.3 Å². The maximum Gasteiger partial charge on any atom is 0.333 e. The fraction of sp³-hybridized carbons (Fsp3) is 0.0909. The summed E-state index contributed by atoms with van der Waals surface area (Å²) in [7, 11) is 0. The van der Waals surface area contributed by atoms with Gasteiger partial charge in [-0.15, -0.1) is 0 Å².